The minimum atomic E-state index is -0.323. The van der Waals surface area contributed by atoms with E-state index in [0.29, 0.717) is 5.56 Å². The van der Waals surface area contributed by atoms with E-state index in [9.17, 15) is 4.79 Å². The molecule has 3 heteroatoms. The van der Waals surface area contributed by atoms with E-state index in [-0.39, 0.29) is 12.0 Å². The number of esters is 1. The Morgan fingerprint density at radius 1 is 1.15 bits per heavy atom. The van der Waals surface area contributed by atoms with Crippen molar-refractivity contribution >= 4 is 11.7 Å². The monoisotopic (exact) mass is 269 g/mol. The SMILES string of the molecule is COC(=O)c1cccc(NC(C)c2ccc(C)cc2)c1. The van der Waals surface area contributed by atoms with E-state index < -0.39 is 0 Å². The number of hydrogen-bond acceptors (Lipinski definition) is 3. The second-order valence-corrected chi connectivity index (χ2v) is 4.85. The molecule has 2 aromatic carbocycles. The average molecular weight is 269 g/mol. The van der Waals surface area contributed by atoms with Crippen molar-refractivity contribution in [3.8, 4) is 0 Å². The zero-order valence-electron chi connectivity index (χ0n) is 12.0. The second kappa shape index (κ2) is 6.24. The van der Waals surface area contributed by atoms with Crippen LogP contribution in [-0.4, -0.2) is 13.1 Å². The molecule has 0 aliphatic carbocycles. The normalized spacial score (nSPS) is 11.8. The molecule has 104 valence electrons. The molecule has 0 spiro atoms. The van der Waals surface area contributed by atoms with Gasteiger partial charge in [0.1, 0.15) is 0 Å². The van der Waals surface area contributed by atoms with Gasteiger partial charge in [-0.3, -0.25) is 0 Å². The van der Waals surface area contributed by atoms with E-state index in [1.165, 1.54) is 18.2 Å². The molecule has 0 amide bonds. The summed E-state index contributed by atoms with van der Waals surface area (Å²) in [5.41, 5.74) is 3.90. The van der Waals surface area contributed by atoms with E-state index in [1.54, 1.807) is 12.1 Å². The maximum Gasteiger partial charge on any atom is 0.337 e. The van der Waals surface area contributed by atoms with Gasteiger partial charge in [-0.05, 0) is 37.6 Å². The maximum atomic E-state index is 11.5. The largest absolute Gasteiger partial charge is 0.465 e. The molecule has 0 fully saturated rings. The molecule has 3 nitrogen and oxygen atoms in total. The van der Waals surface area contributed by atoms with Gasteiger partial charge in [-0.25, -0.2) is 4.79 Å². The van der Waals surface area contributed by atoms with Gasteiger partial charge in [0.2, 0.25) is 0 Å². The molecule has 2 rings (SSSR count). The summed E-state index contributed by atoms with van der Waals surface area (Å²) >= 11 is 0. The van der Waals surface area contributed by atoms with Crippen LogP contribution in [0.4, 0.5) is 5.69 Å². The van der Waals surface area contributed by atoms with E-state index in [0.717, 1.165) is 5.69 Å². The Morgan fingerprint density at radius 2 is 1.85 bits per heavy atom. The number of anilines is 1. The van der Waals surface area contributed by atoms with Crippen LogP contribution in [0.1, 0.15) is 34.5 Å². The molecule has 2 aromatic rings. The lowest BCUT2D eigenvalue weighted by Gasteiger charge is -2.16. The molecule has 0 heterocycles. The van der Waals surface area contributed by atoms with Gasteiger partial charge < -0.3 is 10.1 Å². The number of nitrogens with one attached hydrogen (secondary N) is 1. The van der Waals surface area contributed by atoms with Crippen molar-refractivity contribution in [2.75, 3.05) is 12.4 Å². The first kappa shape index (κ1) is 14.1. The fourth-order valence-corrected chi connectivity index (χ4v) is 2.04. The topological polar surface area (TPSA) is 38.3 Å². The lowest BCUT2D eigenvalue weighted by molar-refractivity contribution is 0.0601. The van der Waals surface area contributed by atoms with Crippen LogP contribution in [0.25, 0.3) is 0 Å². The van der Waals surface area contributed by atoms with Crippen LogP contribution < -0.4 is 5.32 Å². The van der Waals surface area contributed by atoms with Gasteiger partial charge in [-0.15, -0.1) is 0 Å². The van der Waals surface area contributed by atoms with Gasteiger partial charge in [0.15, 0.2) is 0 Å². The zero-order valence-corrected chi connectivity index (χ0v) is 12.0. The highest BCUT2D eigenvalue weighted by Gasteiger charge is 2.08. The quantitative estimate of drug-likeness (QED) is 0.854. The first-order chi connectivity index (χ1) is 9.60. The smallest absolute Gasteiger partial charge is 0.337 e. The Balaban J connectivity index is 2.13. The van der Waals surface area contributed by atoms with Crippen LogP contribution >= 0.6 is 0 Å². The Kier molecular flexibility index (Phi) is 4.41. The van der Waals surface area contributed by atoms with Crippen LogP contribution in [0, 0.1) is 6.92 Å². The van der Waals surface area contributed by atoms with E-state index in [1.807, 2.05) is 12.1 Å². The number of aryl methyl sites for hydroxylation is 1. The number of carbonyl (C=O) groups is 1. The summed E-state index contributed by atoms with van der Waals surface area (Å²) in [7, 11) is 1.39. The minimum Gasteiger partial charge on any atom is -0.465 e. The zero-order chi connectivity index (χ0) is 14.5. The van der Waals surface area contributed by atoms with Crippen molar-refractivity contribution in [1.82, 2.24) is 0 Å². The van der Waals surface area contributed by atoms with Gasteiger partial charge in [-0.2, -0.15) is 0 Å². The third-order valence-electron chi connectivity index (χ3n) is 3.24. The summed E-state index contributed by atoms with van der Waals surface area (Å²) in [6.45, 7) is 4.16. The van der Waals surface area contributed by atoms with E-state index in [4.69, 9.17) is 4.74 Å². The Hall–Kier alpha value is -2.29. The summed E-state index contributed by atoms with van der Waals surface area (Å²) in [5, 5.41) is 3.39. The number of rotatable bonds is 4. The highest BCUT2D eigenvalue weighted by Crippen LogP contribution is 2.20. The van der Waals surface area contributed by atoms with Gasteiger partial charge >= 0.3 is 5.97 Å². The van der Waals surface area contributed by atoms with Crippen LogP contribution in [0.3, 0.4) is 0 Å². The Bertz CT molecular complexity index is 590. The predicted molar refractivity (Wildman–Crippen MR) is 81.0 cm³/mol. The summed E-state index contributed by atoms with van der Waals surface area (Å²) in [6.07, 6.45) is 0. The minimum absolute atomic E-state index is 0.170. The third-order valence-corrected chi connectivity index (χ3v) is 3.24. The van der Waals surface area contributed by atoms with Crippen LogP contribution in [0.15, 0.2) is 48.5 Å². The summed E-state index contributed by atoms with van der Waals surface area (Å²) < 4.78 is 4.73. The van der Waals surface area contributed by atoms with Gasteiger partial charge in [0.05, 0.1) is 12.7 Å². The highest BCUT2D eigenvalue weighted by atomic mass is 16.5. The number of benzene rings is 2. The van der Waals surface area contributed by atoms with Crippen molar-refractivity contribution in [3.63, 3.8) is 0 Å². The van der Waals surface area contributed by atoms with E-state index in [2.05, 4.69) is 43.4 Å². The fourth-order valence-electron chi connectivity index (χ4n) is 2.04. The summed E-state index contributed by atoms with van der Waals surface area (Å²) in [5.74, 6) is -0.323. The standard InChI is InChI=1S/C17H19NO2/c1-12-7-9-14(10-8-12)13(2)18-16-6-4-5-15(11-16)17(19)20-3/h4-11,13,18H,1-3H3. The van der Waals surface area contributed by atoms with Crippen LogP contribution in [0.5, 0.6) is 0 Å². The molecular formula is C17H19NO2. The molecule has 0 saturated carbocycles. The van der Waals surface area contributed by atoms with Crippen LogP contribution in [0.2, 0.25) is 0 Å². The highest BCUT2D eigenvalue weighted by molar-refractivity contribution is 5.90. The summed E-state index contributed by atoms with van der Waals surface area (Å²) in [4.78, 5) is 11.5. The van der Waals surface area contributed by atoms with Crippen LogP contribution in [-0.2, 0) is 4.74 Å². The molecule has 0 aliphatic heterocycles. The Morgan fingerprint density at radius 3 is 2.50 bits per heavy atom. The molecule has 0 radical (unpaired) electrons. The number of carbonyl (C=O) groups excluding carboxylic acids is 1. The lowest BCUT2D eigenvalue weighted by atomic mass is 10.1. The molecule has 0 bridgehead atoms. The van der Waals surface area contributed by atoms with Gasteiger partial charge in [0.25, 0.3) is 0 Å². The first-order valence-electron chi connectivity index (χ1n) is 6.61. The molecule has 1 atom stereocenters. The van der Waals surface area contributed by atoms with E-state index >= 15 is 0 Å². The molecule has 0 aliphatic rings. The van der Waals surface area contributed by atoms with Crippen molar-refractivity contribution in [3.05, 3.63) is 65.2 Å². The Labute approximate surface area is 119 Å². The molecular weight excluding hydrogens is 250 g/mol. The maximum absolute atomic E-state index is 11.5. The summed E-state index contributed by atoms with van der Waals surface area (Å²) in [6, 6.07) is 15.9. The average Bonchev–Trinajstić information content (AvgIpc) is 2.47. The number of methoxy groups -OCH3 is 1. The second-order valence-electron chi connectivity index (χ2n) is 4.85. The van der Waals surface area contributed by atoms with Crippen molar-refractivity contribution in [1.29, 1.82) is 0 Å². The molecule has 0 saturated heterocycles. The lowest BCUT2D eigenvalue weighted by Crippen LogP contribution is -2.08. The number of hydrogen-bond donors (Lipinski definition) is 1. The fraction of sp³-hybridized carbons (Fsp3) is 0.235. The molecule has 1 N–H and O–H groups in total. The predicted octanol–water partition coefficient (Wildman–Crippen LogP) is 3.95. The van der Waals surface area contributed by atoms with Gasteiger partial charge in [-0.1, -0.05) is 35.9 Å². The number of ether oxygens (including phenoxy) is 1. The van der Waals surface area contributed by atoms with Crippen molar-refractivity contribution < 1.29 is 9.53 Å². The van der Waals surface area contributed by atoms with Crippen molar-refractivity contribution in [2.45, 2.75) is 19.9 Å². The molecule has 0 aromatic heterocycles. The molecule has 1 unspecified atom stereocenters. The van der Waals surface area contributed by atoms with Gasteiger partial charge in [0, 0.05) is 11.7 Å². The first-order valence-corrected chi connectivity index (χ1v) is 6.61. The third kappa shape index (κ3) is 3.38. The molecule has 20 heavy (non-hydrogen) atoms. The van der Waals surface area contributed by atoms with Crippen molar-refractivity contribution in [2.24, 2.45) is 0 Å².